The minimum Gasteiger partial charge on any atom is -0.391 e. The summed E-state index contributed by atoms with van der Waals surface area (Å²) in [6.45, 7) is 1.02. The zero-order valence-electron chi connectivity index (χ0n) is 5.72. The first kappa shape index (κ1) is 10.4. The molecule has 0 amide bonds. The highest BCUT2D eigenvalue weighted by molar-refractivity contribution is 5.89. The molecule has 0 saturated heterocycles. The van der Waals surface area contributed by atoms with Crippen molar-refractivity contribution in [3.8, 4) is 0 Å². The number of rotatable bonds is 2. The summed E-state index contributed by atoms with van der Waals surface area (Å²) in [4.78, 5) is 10.2. The van der Waals surface area contributed by atoms with Gasteiger partial charge in [-0.25, -0.2) is 0 Å². The molecule has 0 bridgehead atoms. The second-order valence-electron chi connectivity index (χ2n) is 2.13. The first-order chi connectivity index (χ1) is 4.76. The Morgan fingerprint density at radius 2 is 1.91 bits per heavy atom. The number of carbonyl (C=O) groups is 1. The predicted octanol–water partition coefficient (Wildman–Crippen LogP) is -0.174. The molecule has 3 N–H and O–H groups in total. The van der Waals surface area contributed by atoms with Crippen molar-refractivity contribution < 1.29 is 23.1 Å². The van der Waals surface area contributed by atoms with Crippen LogP contribution in [0, 0.1) is 0 Å². The van der Waals surface area contributed by atoms with Gasteiger partial charge in [-0.15, -0.1) is 0 Å². The van der Waals surface area contributed by atoms with Crippen LogP contribution >= 0.6 is 0 Å². The Morgan fingerprint density at radius 3 is 2.00 bits per heavy atom. The molecule has 0 aromatic carbocycles. The largest absolute Gasteiger partial charge is 0.451 e. The Labute approximate surface area is 61.0 Å². The molecule has 0 aliphatic rings. The Bertz CT molecular complexity index is 154. The molecule has 0 saturated carbocycles. The molecule has 6 heteroatoms. The lowest BCUT2D eigenvalue weighted by Gasteiger charge is -2.14. The molecule has 0 radical (unpaired) electrons. The Hall–Kier alpha value is -0.620. The molecule has 0 spiro atoms. The van der Waals surface area contributed by atoms with Gasteiger partial charge in [0, 0.05) is 0 Å². The number of aliphatic hydroxyl groups excluding tert-OH is 1. The molecule has 11 heavy (non-hydrogen) atoms. The van der Waals surface area contributed by atoms with Crippen LogP contribution in [0.4, 0.5) is 13.2 Å². The smallest absolute Gasteiger partial charge is 0.391 e. The lowest BCUT2D eigenvalue weighted by molar-refractivity contribution is -0.174. The summed E-state index contributed by atoms with van der Waals surface area (Å²) >= 11 is 0. The second kappa shape index (κ2) is 3.19. The predicted molar refractivity (Wildman–Crippen MR) is 30.7 cm³/mol. The van der Waals surface area contributed by atoms with Crippen molar-refractivity contribution in [3.63, 3.8) is 0 Å². The van der Waals surface area contributed by atoms with Crippen LogP contribution in [0.3, 0.4) is 0 Å². The van der Waals surface area contributed by atoms with Gasteiger partial charge in [-0.2, -0.15) is 13.2 Å². The molecule has 0 fully saturated rings. The SMILES string of the molecule is CC(O)C(N)C(=O)C(F)(F)F. The topological polar surface area (TPSA) is 63.3 Å². The molecule has 0 rings (SSSR count). The maximum absolute atomic E-state index is 11.5. The Kier molecular flexibility index (Phi) is 3.01. The van der Waals surface area contributed by atoms with E-state index in [2.05, 4.69) is 0 Å². The zero-order chi connectivity index (χ0) is 9.23. The van der Waals surface area contributed by atoms with Gasteiger partial charge in [0.05, 0.1) is 12.1 Å². The number of hydrogen-bond donors (Lipinski definition) is 2. The number of ketones is 1. The van der Waals surface area contributed by atoms with Gasteiger partial charge in [0.15, 0.2) is 0 Å². The van der Waals surface area contributed by atoms with Crippen LogP contribution in [-0.4, -0.2) is 29.2 Å². The monoisotopic (exact) mass is 171 g/mol. The van der Waals surface area contributed by atoms with Crippen LogP contribution in [0.5, 0.6) is 0 Å². The van der Waals surface area contributed by atoms with Gasteiger partial charge in [-0.05, 0) is 6.92 Å². The number of nitrogens with two attached hydrogens (primary N) is 1. The first-order valence-electron chi connectivity index (χ1n) is 2.81. The lowest BCUT2D eigenvalue weighted by atomic mass is 10.1. The van der Waals surface area contributed by atoms with E-state index in [1.165, 1.54) is 0 Å². The fourth-order valence-electron chi connectivity index (χ4n) is 0.408. The Balaban J connectivity index is 4.26. The summed E-state index contributed by atoms with van der Waals surface area (Å²) in [6, 6.07) is -1.88. The molecule has 0 aliphatic heterocycles. The molecule has 66 valence electrons. The highest BCUT2D eigenvalue weighted by atomic mass is 19.4. The fourth-order valence-corrected chi connectivity index (χ4v) is 0.408. The highest BCUT2D eigenvalue weighted by Crippen LogP contribution is 2.18. The van der Waals surface area contributed by atoms with Gasteiger partial charge in [0.1, 0.15) is 0 Å². The number of aliphatic hydroxyl groups is 1. The summed E-state index contributed by atoms with van der Waals surface area (Å²) in [5.41, 5.74) is 4.73. The van der Waals surface area contributed by atoms with Crippen molar-refractivity contribution in [2.24, 2.45) is 5.73 Å². The van der Waals surface area contributed by atoms with E-state index in [1.54, 1.807) is 0 Å². The van der Waals surface area contributed by atoms with Gasteiger partial charge in [-0.3, -0.25) is 4.79 Å². The van der Waals surface area contributed by atoms with Gasteiger partial charge in [0.25, 0.3) is 5.78 Å². The summed E-state index contributed by atoms with van der Waals surface area (Å²) < 4.78 is 34.6. The van der Waals surface area contributed by atoms with Gasteiger partial charge in [0.2, 0.25) is 0 Å². The molecular formula is C5H8F3NO2. The quantitative estimate of drug-likeness (QED) is 0.606. The average molecular weight is 171 g/mol. The van der Waals surface area contributed by atoms with Crippen molar-refractivity contribution in [3.05, 3.63) is 0 Å². The van der Waals surface area contributed by atoms with Crippen molar-refractivity contribution in [1.82, 2.24) is 0 Å². The van der Waals surface area contributed by atoms with Crippen LogP contribution in [0.1, 0.15) is 6.92 Å². The highest BCUT2D eigenvalue weighted by Gasteiger charge is 2.43. The summed E-state index contributed by atoms with van der Waals surface area (Å²) in [6.07, 6.45) is -6.44. The van der Waals surface area contributed by atoms with Crippen molar-refractivity contribution in [2.45, 2.75) is 25.2 Å². The minimum absolute atomic E-state index is 1.02. The third-order valence-corrected chi connectivity index (χ3v) is 1.10. The first-order valence-corrected chi connectivity index (χ1v) is 2.81. The number of hydrogen-bond acceptors (Lipinski definition) is 3. The van der Waals surface area contributed by atoms with E-state index >= 15 is 0 Å². The van der Waals surface area contributed by atoms with Crippen LogP contribution in [0.25, 0.3) is 0 Å². The maximum Gasteiger partial charge on any atom is 0.451 e. The molecular weight excluding hydrogens is 163 g/mol. The normalized spacial score (nSPS) is 17.6. The molecule has 0 aromatic rings. The number of carbonyl (C=O) groups excluding carboxylic acids is 1. The standard InChI is InChI=1S/C5H8F3NO2/c1-2(10)3(9)4(11)5(6,7)8/h2-3,10H,9H2,1H3. The van der Waals surface area contributed by atoms with E-state index in [-0.39, 0.29) is 0 Å². The lowest BCUT2D eigenvalue weighted by Crippen LogP contribution is -2.47. The van der Waals surface area contributed by atoms with Gasteiger partial charge < -0.3 is 10.8 Å². The third-order valence-electron chi connectivity index (χ3n) is 1.10. The second-order valence-corrected chi connectivity index (χ2v) is 2.13. The van der Waals surface area contributed by atoms with E-state index in [0.29, 0.717) is 0 Å². The van der Waals surface area contributed by atoms with Crippen LogP contribution < -0.4 is 5.73 Å². The minimum atomic E-state index is -4.96. The molecule has 2 unspecified atom stereocenters. The summed E-state index contributed by atoms with van der Waals surface area (Å²) in [5.74, 6) is -2.10. The van der Waals surface area contributed by atoms with E-state index in [1.807, 2.05) is 0 Å². The number of alkyl halides is 3. The summed E-state index contributed by atoms with van der Waals surface area (Å²) in [7, 11) is 0. The fraction of sp³-hybridized carbons (Fsp3) is 0.800. The number of Topliss-reactive ketones (excluding diaryl/α,β-unsaturated/α-hetero) is 1. The molecule has 0 aromatic heterocycles. The van der Waals surface area contributed by atoms with E-state index < -0.39 is 24.1 Å². The van der Waals surface area contributed by atoms with Crippen molar-refractivity contribution >= 4 is 5.78 Å². The molecule has 0 heterocycles. The Morgan fingerprint density at radius 1 is 1.55 bits per heavy atom. The van der Waals surface area contributed by atoms with E-state index in [0.717, 1.165) is 6.92 Å². The van der Waals surface area contributed by atoms with Crippen molar-refractivity contribution in [1.29, 1.82) is 0 Å². The average Bonchev–Trinajstić information content (AvgIpc) is 1.82. The van der Waals surface area contributed by atoms with Gasteiger partial charge in [-0.1, -0.05) is 0 Å². The van der Waals surface area contributed by atoms with Crippen LogP contribution in [0.15, 0.2) is 0 Å². The van der Waals surface area contributed by atoms with Gasteiger partial charge >= 0.3 is 6.18 Å². The maximum atomic E-state index is 11.5. The third kappa shape index (κ3) is 2.85. The zero-order valence-corrected chi connectivity index (χ0v) is 5.72. The van der Waals surface area contributed by atoms with Crippen molar-refractivity contribution in [2.75, 3.05) is 0 Å². The van der Waals surface area contributed by atoms with E-state index in [4.69, 9.17) is 10.8 Å². The summed E-state index contributed by atoms with van der Waals surface area (Å²) in [5, 5.41) is 8.51. The van der Waals surface area contributed by atoms with Crippen LogP contribution in [0.2, 0.25) is 0 Å². The van der Waals surface area contributed by atoms with E-state index in [9.17, 15) is 18.0 Å². The van der Waals surface area contributed by atoms with Crippen LogP contribution in [-0.2, 0) is 4.79 Å². The molecule has 3 nitrogen and oxygen atoms in total. The number of halogens is 3. The molecule has 0 aliphatic carbocycles. The molecule has 2 atom stereocenters.